The first kappa shape index (κ1) is 23.5. The standard InChI is InChI=1S/C17H23NO6S.CH4S/c1-17(15(19)20,25(3)22)10-14-11-18(16(21)24-14)13-6-4-12(5-7-13)8-9-23-2;1-2/h4-7,14H,8-11H2,1-3H3,(H,19,20);2H,1H3. The molecular weight excluding hydrogens is 390 g/mol. The Kier molecular flexibility index (Phi) is 9.28. The molecule has 3 unspecified atom stereocenters. The summed E-state index contributed by atoms with van der Waals surface area (Å²) in [6, 6.07) is 7.47. The summed E-state index contributed by atoms with van der Waals surface area (Å²) < 4.78 is 20.7. The van der Waals surface area contributed by atoms with Crippen molar-refractivity contribution in [3.8, 4) is 0 Å². The van der Waals surface area contributed by atoms with Gasteiger partial charge in [-0.3, -0.25) is 13.9 Å². The number of rotatable bonds is 8. The Morgan fingerprint density at radius 2 is 2.00 bits per heavy atom. The second kappa shape index (κ2) is 10.7. The van der Waals surface area contributed by atoms with Gasteiger partial charge in [-0.05, 0) is 37.3 Å². The molecule has 1 fully saturated rings. The Bertz CT molecular complexity index is 650. The van der Waals surface area contributed by atoms with Crippen molar-refractivity contribution in [3.63, 3.8) is 0 Å². The SMILES string of the molecule is COCCc1ccc(N2CC(CC(C)(C(=O)O)S(C)=O)OC2=O)cc1.CS. The lowest BCUT2D eigenvalue weighted by Gasteiger charge is -2.24. The Labute approximate surface area is 167 Å². The molecule has 0 bridgehead atoms. The van der Waals surface area contributed by atoms with Crippen molar-refractivity contribution < 1.29 is 28.4 Å². The zero-order valence-corrected chi connectivity index (χ0v) is 17.7. The van der Waals surface area contributed by atoms with Gasteiger partial charge in [-0.1, -0.05) is 12.1 Å². The van der Waals surface area contributed by atoms with Crippen molar-refractivity contribution >= 4 is 41.2 Å². The maximum absolute atomic E-state index is 12.1. The summed E-state index contributed by atoms with van der Waals surface area (Å²) in [5, 5.41) is 9.36. The maximum Gasteiger partial charge on any atom is 0.414 e. The van der Waals surface area contributed by atoms with E-state index in [-0.39, 0.29) is 13.0 Å². The van der Waals surface area contributed by atoms with E-state index in [1.54, 1.807) is 13.4 Å². The van der Waals surface area contributed by atoms with E-state index in [4.69, 9.17) is 9.47 Å². The third-order valence-electron chi connectivity index (χ3n) is 4.42. The van der Waals surface area contributed by atoms with Crippen LogP contribution in [0.4, 0.5) is 10.5 Å². The number of nitrogens with zero attached hydrogens (tertiary/aromatic N) is 1. The molecule has 1 heterocycles. The first-order chi connectivity index (χ1) is 12.8. The fraction of sp³-hybridized carbons (Fsp3) is 0.556. The van der Waals surface area contributed by atoms with Gasteiger partial charge in [-0.25, -0.2) is 4.79 Å². The number of carboxylic acid groups (broad SMARTS) is 1. The second-order valence-corrected chi connectivity index (χ2v) is 8.03. The van der Waals surface area contributed by atoms with Gasteiger partial charge in [-0.2, -0.15) is 12.6 Å². The molecule has 1 aliphatic rings. The number of ether oxygens (including phenoxy) is 2. The maximum atomic E-state index is 12.1. The number of carboxylic acids is 1. The molecule has 0 aliphatic carbocycles. The van der Waals surface area contributed by atoms with Crippen molar-refractivity contribution in [2.24, 2.45) is 0 Å². The molecule has 27 heavy (non-hydrogen) atoms. The molecular formula is C18H27NO6S2. The van der Waals surface area contributed by atoms with Crippen LogP contribution in [-0.2, 0) is 31.5 Å². The Hall–Kier alpha value is -1.58. The van der Waals surface area contributed by atoms with E-state index >= 15 is 0 Å². The summed E-state index contributed by atoms with van der Waals surface area (Å²) in [5.41, 5.74) is 1.78. The van der Waals surface area contributed by atoms with Crippen molar-refractivity contribution in [2.45, 2.75) is 30.6 Å². The monoisotopic (exact) mass is 417 g/mol. The van der Waals surface area contributed by atoms with Crippen molar-refractivity contribution in [2.75, 3.05) is 37.7 Å². The summed E-state index contributed by atoms with van der Waals surface area (Å²) in [6.07, 6.45) is 2.68. The molecule has 9 heteroatoms. The highest BCUT2D eigenvalue weighted by molar-refractivity contribution is 7.86. The third-order valence-corrected chi connectivity index (χ3v) is 6.03. The van der Waals surface area contributed by atoms with Gasteiger partial charge in [-0.15, -0.1) is 0 Å². The largest absolute Gasteiger partial charge is 0.480 e. The highest BCUT2D eigenvalue weighted by Crippen LogP contribution is 2.28. The molecule has 1 aromatic rings. The number of cyclic esters (lactones) is 1. The molecule has 152 valence electrons. The van der Waals surface area contributed by atoms with Gasteiger partial charge in [0, 0.05) is 36.3 Å². The van der Waals surface area contributed by atoms with Crippen LogP contribution >= 0.6 is 12.6 Å². The van der Waals surface area contributed by atoms with Gasteiger partial charge in [0.1, 0.15) is 10.9 Å². The number of carbonyl (C=O) groups excluding carboxylic acids is 1. The van der Waals surface area contributed by atoms with Crippen LogP contribution in [0.2, 0.25) is 0 Å². The Balaban J connectivity index is 0.00000176. The molecule has 3 atom stereocenters. The van der Waals surface area contributed by atoms with Crippen molar-refractivity contribution in [1.29, 1.82) is 0 Å². The minimum absolute atomic E-state index is 0.000390. The third kappa shape index (κ3) is 5.95. The molecule has 1 saturated heterocycles. The van der Waals surface area contributed by atoms with Crippen LogP contribution in [0.5, 0.6) is 0 Å². The molecule has 1 aliphatic heterocycles. The van der Waals surface area contributed by atoms with Crippen molar-refractivity contribution in [3.05, 3.63) is 29.8 Å². The number of benzene rings is 1. The Morgan fingerprint density at radius 1 is 1.41 bits per heavy atom. The van der Waals surface area contributed by atoms with E-state index < -0.39 is 33.7 Å². The van der Waals surface area contributed by atoms with Crippen LogP contribution in [0.25, 0.3) is 0 Å². The van der Waals surface area contributed by atoms with Gasteiger partial charge in [0.2, 0.25) is 0 Å². The Morgan fingerprint density at radius 3 is 2.48 bits per heavy atom. The molecule has 0 radical (unpaired) electrons. The highest BCUT2D eigenvalue weighted by atomic mass is 32.2. The van der Waals surface area contributed by atoms with Crippen LogP contribution in [0, 0.1) is 0 Å². The lowest BCUT2D eigenvalue weighted by atomic mass is 10.0. The average molecular weight is 418 g/mol. The van der Waals surface area contributed by atoms with E-state index in [0.717, 1.165) is 12.0 Å². The molecule has 1 amide bonds. The molecule has 7 nitrogen and oxygen atoms in total. The van der Waals surface area contributed by atoms with Crippen LogP contribution in [0.1, 0.15) is 18.9 Å². The van der Waals surface area contributed by atoms with Crippen LogP contribution < -0.4 is 4.90 Å². The zero-order chi connectivity index (χ0) is 20.6. The summed E-state index contributed by atoms with van der Waals surface area (Å²) in [5.74, 6) is -1.16. The van der Waals surface area contributed by atoms with Crippen LogP contribution in [0.3, 0.4) is 0 Å². The number of thiol groups is 1. The topological polar surface area (TPSA) is 93.1 Å². The first-order valence-corrected chi connectivity index (χ1v) is 10.8. The van der Waals surface area contributed by atoms with Crippen LogP contribution in [-0.4, -0.2) is 65.0 Å². The number of hydrogen-bond donors (Lipinski definition) is 2. The van der Waals surface area contributed by atoms with E-state index in [1.165, 1.54) is 18.1 Å². The number of hydrogen-bond acceptors (Lipinski definition) is 6. The minimum Gasteiger partial charge on any atom is -0.480 e. The molecule has 0 saturated carbocycles. The lowest BCUT2D eigenvalue weighted by molar-refractivity contribution is -0.140. The smallest absolute Gasteiger partial charge is 0.414 e. The number of amides is 1. The number of carbonyl (C=O) groups is 2. The summed E-state index contributed by atoms with van der Waals surface area (Å²) >= 11 is 3.53. The van der Waals surface area contributed by atoms with E-state index in [1.807, 2.05) is 24.3 Å². The number of aliphatic carboxylic acids is 1. The molecule has 2 rings (SSSR count). The number of anilines is 1. The molecule has 0 aromatic heterocycles. The van der Waals surface area contributed by atoms with Gasteiger partial charge in [0.25, 0.3) is 0 Å². The van der Waals surface area contributed by atoms with Crippen LogP contribution in [0.15, 0.2) is 24.3 Å². The number of methoxy groups -OCH3 is 1. The van der Waals surface area contributed by atoms with Crippen molar-refractivity contribution in [1.82, 2.24) is 0 Å². The van der Waals surface area contributed by atoms with Gasteiger partial charge >= 0.3 is 12.1 Å². The molecule has 1 N–H and O–H groups in total. The summed E-state index contributed by atoms with van der Waals surface area (Å²) in [4.78, 5) is 25.0. The van der Waals surface area contributed by atoms with Gasteiger partial charge in [0.05, 0.1) is 13.2 Å². The zero-order valence-electron chi connectivity index (χ0n) is 16.0. The first-order valence-electron chi connectivity index (χ1n) is 8.35. The highest BCUT2D eigenvalue weighted by Gasteiger charge is 2.44. The van der Waals surface area contributed by atoms with Gasteiger partial charge in [0.15, 0.2) is 0 Å². The molecule has 0 spiro atoms. The van der Waals surface area contributed by atoms with E-state index in [2.05, 4.69) is 12.6 Å². The summed E-state index contributed by atoms with van der Waals surface area (Å²) in [6.45, 7) is 2.26. The predicted octanol–water partition coefficient (Wildman–Crippen LogP) is 2.36. The van der Waals surface area contributed by atoms with E-state index in [9.17, 15) is 18.9 Å². The quantitative estimate of drug-likeness (QED) is 0.631. The normalized spacial score (nSPS) is 19.5. The fourth-order valence-electron chi connectivity index (χ4n) is 2.66. The van der Waals surface area contributed by atoms with E-state index in [0.29, 0.717) is 12.3 Å². The average Bonchev–Trinajstić information content (AvgIpc) is 3.01. The molecule has 1 aromatic carbocycles. The summed E-state index contributed by atoms with van der Waals surface area (Å²) in [7, 11) is 0.0521. The lowest BCUT2D eigenvalue weighted by Crippen LogP contribution is -2.43. The minimum atomic E-state index is -1.59. The second-order valence-electron chi connectivity index (χ2n) is 6.22. The predicted molar refractivity (Wildman–Crippen MR) is 109 cm³/mol. The van der Waals surface area contributed by atoms with Gasteiger partial charge < -0.3 is 14.6 Å². The fourth-order valence-corrected chi connectivity index (χ4v) is 3.33.